The van der Waals surface area contributed by atoms with Crippen molar-refractivity contribution in [1.82, 2.24) is 20.2 Å². The van der Waals surface area contributed by atoms with Crippen molar-refractivity contribution in [3.8, 4) is 0 Å². The summed E-state index contributed by atoms with van der Waals surface area (Å²) in [5.41, 5.74) is 5.60. The first kappa shape index (κ1) is 10.2. The molecule has 84 valence electrons. The van der Waals surface area contributed by atoms with E-state index in [4.69, 9.17) is 11.6 Å². The van der Waals surface area contributed by atoms with E-state index < -0.39 is 0 Å². The molecule has 2 heterocycles. The average Bonchev–Trinajstić information content (AvgIpc) is 2.61. The van der Waals surface area contributed by atoms with Crippen molar-refractivity contribution in [2.24, 2.45) is 0 Å². The fourth-order valence-electron chi connectivity index (χ4n) is 2.28. The molecule has 5 N–H and O–H groups in total. The molecule has 0 saturated carbocycles. The van der Waals surface area contributed by atoms with Crippen LogP contribution in [0.1, 0.15) is 32.0 Å². The topological polar surface area (TPSA) is 94.8 Å². The van der Waals surface area contributed by atoms with E-state index in [1.807, 2.05) is 0 Å². The first-order chi connectivity index (χ1) is 7.19. The smallest absolute Gasteiger partial charge is 0.240 e. The summed E-state index contributed by atoms with van der Waals surface area (Å²) in [6, 6.07) is 0. The fraction of sp³-hybridized carbons (Fsp3) is 0.778. The van der Waals surface area contributed by atoms with E-state index >= 15 is 0 Å². The highest BCUT2D eigenvalue weighted by Gasteiger charge is 2.37. The minimum Gasteiger partial charge on any atom is -0.366 e. The Bertz CT molecular complexity index is 338. The van der Waals surface area contributed by atoms with Crippen LogP contribution >= 0.6 is 0 Å². The number of nitrogen functional groups attached to an aromatic ring is 2. The summed E-state index contributed by atoms with van der Waals surface area (Å²) in [4.78, 5) is 0. The summed E-state index contributed by atoms with van der Waals surface area (Å²) in [6.07, 6.45) is 3.22. The maximum absolute atomic E-state index is 5.83. The summed E-state index contributed by atoms with van der Waals surface area (Å²) in [6.45, 7) is 4.12. The molecule has 0 spiro atoms. The lowest BCUT2D eigenvalue weighted by Gasteiger charge is -2.35. The molecule has 1 aromatic rings. The standard InChI is InChI=1S/C9H18N6/c1-2-9(4-3-5-12-6-9)7-13-14-8(10)15(7)11/h12H,2-6,11H2,1H3,(H2,10,14). The highest BCUT2D eigenvalue weighted by molar-refractivity contribution is 5.23. The van der Waals surface area contributed by atoms with Crippen LogP contribution in [0.5, 0.6) is 0 Å². The van der Waals surface area contributed by atoms with E-state index in [9.17, 15) is 0 Å². The Morgan fingerprint density at radius 2 is 2.33 bits per heavy atom. The monoisotopic (exact) mass is 210 g/mol. The Kier molecular flexibility index (Phi) is 2.52. The Labute approximate surface area is 89.0 Å². The third-order valence-corrected chi connectivity index (χ3v) is 3.35. The van der Waals surface area contributed by atoms with Gasteiger partial charge in [0.05, 0.1) is 0 Å². The minimum absolute atomic E-state index is 0.00236. The SMILES string of the molecule is CCC1(c2nnc(N)n2N)CCCNC1. The maximum atomic E-state index is 5.83. The van der Waals surface area contributed by atoms with Gasteiger partial charge < -0.3 is 16.9 Å². The zero-order chi connectivity index (χ0) is 10.9. The number of nitrogens with two attached hydrogens (primary N) is 2. The van der Waals surface area contributed by atoms with Gasteiger partial charge in [0.2, 0.25) is 5.95 Å². The second-order valence-electron chi connectivity index (χ2n) is 4.17. The summed E-state index contributed by atoms with van der Waals surface area (Å²) in [7, 11) is 0. The Hall–Kier alpha value is -1.30. The Morgan fingerprint density at radius 1 is 1.53 bits per heavy atom. The number of nitrogens with zero attached hydrogens (tertiary/aromatic N) is 3. The average molecular weight is 210 g/mol. The van der Waals surface area contributed by atoms with Gasteiger partial charge in [0.1, 0.15) is 0 Å². The fourth-order valence-corrected chi connectivity index (χ4v) is 2.28. The van der Waals surface area contributed by atoms with Gasteiger partial charge in [-0.25, -0.2) is 4.68 Å². The molecule has 1 aliphatic heterocycles. The van der Waals surface area contributed by atoms with Gasteiger partial charge in [0, 0.05) is 12.0 Å². The van der Waals surface area contributed by atoms with Crippen LogP contribution in [0.4, 0.5) is 5.95 Å². The van der Waals surface area contributed by atoms with E-state index in [1.165, 1.54) is 4.68 Å². The van der Waals surface area contributed by atoms with Gasteiger partial charge in [0.25, 0.3) is 0 Å². The van der Waals surface area contributed by atoms with Crippen molar-refractivity contribution in [2.75, 3.05) is 24.7 Å². The third kappa shape index (κ3) is 1.54. The van der Waals surface area contributed by atoms with Gasteiger partial charge in [-0.3, -0.25) is 0 Å². The van der Waals surface area contributed by atoms with Gasteiger partial charge in [-0.1, -0.05) is 6.92 Å². The second kappa shape index (κ2) is 3.69. The zero-order valence-corrected chi connectivity index (χ0v) is 9.03. The van der Waals surface area contributed by atoms with Crippen LogP contribution < -0.4 is 16.9 Å². The van der Waals surface area contributed by atoms with Gasteiger partial charge in [0.15, 0.2) is 5.82 Å². The van der Waals surface area contributed by atoms with Crippen molar-refractivity contribution in [1.29, 1.82) is 0 Å². The number of piperidine rings is 1. The maximum Gasteiger partial charge on any atom is 0.240 e. The molecule has 1 saturated heterocycles. The molecular weight excluding hydrogens is 192 g/mol. The summed E-state index contributed by atoms with van der Waals surface area (Å²) >= 11 is 0. The molecule has 0 aliphatic carbocycles. The van der Waals surface area contributed by atoms with E-state index in [0.29, 0.717) is 0 Å². The quantitative estimate of drug-likeness (QED) is 0.578. The third-order valence-electron chi connectivity index (χ3n) is 3.35. The Morgan fingerprint density at radius 3 is 2.80 bits per heavy atom. The highest BCUT2D eigenvalue weighted by atomic mass is 15.4. The highest BCUT2D eigenvalue weighted by Crippen LogP contribution is 2.32. The lowest BCUT2D eigenvalue weighted by atomic mass is 9.77. The van der Waals surface area contributed by atoms with E-state index in [0.717, 1.165) is 38.2 Å². The van der Waals surface area contributed by atoms with Crippen molar-refractivity contribution in [3.05, 3.63) is 5.82 Å². The van der Waals surface area contributed by atoms with Crippen LogP contribution in [0.15, 0.2) is 0 Å². The van der Waals surface area contributed by atoms with Gasteiger partial charge >= 0.3 is 0 Å². The van der Waals surface area contributed by atoms with Gasteiger partial charge in [-0.15, -0.1) is 10.2 Å². The molecule has 6 heteroatoms. The van der Waals surface area contributed by atoms with E-state index in [2.05, 4.69) is 22.4 Å². The molecule has 1 unspecified atom stereocenters. The molecule has 6 nitrogen and oxygen atoms in total. The minimum atomic E-state index is -0.00236. The molecule has 1 atom stereocenters. The first-order valence-electron chi connectivity index (χ1n) is 5.37. The number of nitrogens with one attached hydrogen (secondary N) is 1. The summed E-state index contributed by atoms with van der Waals surface area (Å²) < 4.78 is 1.41. The molecule has 1 aliphatic rings. The van der Waals surface area contributed by atoms with Crippen molar-refractivity contribution >= 4 is 5.95 Å². The molecule has 1 fully saturated rings. The molecule has 2 rings (SSSR count). The normalized spacial score (nSPS) is 26.7. The van der Waals surface area contributed by atoms with Crippen LogP contribution in [-0.4, -0.2) is 28.0 Å². The number of hydrogen-bond acceptors (Lipinski definition) is 5. The van der Waals surface area contributed by atoms with E-state index in [-0.39, 0.29) is 11.4 Å². The zero-order valence-electron chi connectivity index (χ0n) is 9.03. The largest absolute Gasteiger partial charge is 0.366 e. The molecule has 0 bridgehead atoms. The summed E-state index contributed by atoms with van der Waals surface area (Å²) in [5.74, 6) is 6.91. The van der Waals surface area contributed by atoms with Crippen molar-refractivity contribution < 1.29 is 0 Å². The molecular formula is C9H18N6. The molecule has 0 aromatic carbocycles. The van der Waals surface area contributed by atoms with Crippen LogP contribution in [-0.2, 0) is 5.41 Å². The number of aromatic nitrogens is 3. The molecule has 0 radical (unpaired) electrons. The van der Waals surface area contributed by atoms with Gasteiger partial charge in [-0.05, 0) is 25.8 Å². The van der Waals surface area contributed by atoms with Crippen LogP contribution in [0.25, 0.3) is 0 Å². The van der Waals surface area contributed by atoms with E-state index in [1.54, 1.807) is 0 Å². The second-order valence-corrected chi connectivity index (χ2v) is 4.17. The van der Waals surface area contributed by atoms with Crippen molar-refractivity contribution in [3.63, 3.8) is 0 Å². The van der Waals surface area contributed by atoms with Crippen LogP contribution in [0.2, 0.25) is 0 Å². The predicted octanol–water partition coefficient (Wildman–Crippen LogP) is -0.395. The van der Waals surface area contributed by atoms with Crippen molar-refractivity contribution in [2.45, 2.75) is 31.6 Å². The molecule has 1 aromatic heterocycles. The van der Waals surface area contributed by atoms with Crippen LogP contribution in [0.3, 0.4) is 0 Å². The lowest BCUT2D eigenvalue weighted by molar-refractivity contribution is 0.283. The molecule has 15 heavy (non-hydrogen) atoms. The van der Waals surface area contributed by atoms with Crippen LogP contribution in [0, 0.1) is 0 Å². The number of hydrogen-bond donors (Lipinski definition) is 3. The van der Waals surface area contributed by atoms with Gasteiger partial charge in [-0.2, -0.15) is 0 Å². The number of anilines is 1. The lowest BCUT2D eigenvalue weighted by Crippen LogP contribution is -2.45. The Balaban J connectivity index is 2.36. The predicted molar refractivity (Wildman–Crippen MR) is 58.7 cm³/mol. The number of rotatable bonds is 2. The summed E-state index contributed by atoms with van der Waals surface area (Å²) in [5, 5.41) is 11.3. The molecule has 0 amide bonds. The first-order valence-corrected chi connectivity index (χ1v) is 5.37.